The van der Waals surface area contributed by atoms with E-state index in [1.807, 2.05) is 24.3 Å². The average molecular weight is 226 g/mol. The molecule has 3 rings (SSSR count). The number of hydrogen-bond acceptors (Lipinski definition) is 3. The standard InChI is InChI=1S/C12H10N4O/c17-12-10-3-1-2-4-11(10)13-8-16(12)7-9-5-6-14-15-9/h1-6,8H,7H2,(H,14,15). The maximum atomic E-state index is 12.1. The van der Waals surface area contributed by atoms with Crippen LogP contribution in [0, 0.1) is 0 Å². The number of para-hydroxylation sites is 1. The molecule has 0 aliphatic rings. The van der Waals surface area contributed by atoms with Crippen LogP contribution in [0.4, 0.5) is 0 Å². The molecule has 0 amide bonds. The molecule has 3 aromatic rings. The van der Waals surface area contributed by atoms with Gasteiger partial charge in [0.25, 0.3) is 5.56 Å². The zero-order valence-electron chi connectivity index (χ0n) is 9.00. The molecule has 0 spiro atoms. The van der Waals surface area contributed by atoms with Crippen molar-refractivity contribution in [1.29, 1.82) is 0 Å². The van der Waals surface area contributed by atoms with Crippen LogP contribution in [-0.2, 0) is 6.54 Å². The summed E-state index contributed by atoms with van der Waals surface area (Å²) in [4.78, 5) is 16.4. The maximum Gasteiger partial charge on any atom is 0.261 e. The fourth-order valence-corrected chi connectivity index (χ4v) is 1.78. The van der Waals surface area contributed by atoms with Gasteiger partial charge in [0, 0.05) is 6.20 Å². The van der Waals surface area contributed by atoms with Gasteiger partial charge in [-0.3, -0.25) is 14.5 Å². The molecular weight excluding hydrogens is 216 g/mol. The Kier molecular flexibility index (Phi) is 2.22. The third-order valence-electron chi connectivity index (χ3n) is 2.63. The molecule has 0 aliphatic heterocycles. The SMILES string of the molecule is O=c1c2ccccc2ncn1Cc1ccn[nH]1. The summed E-state index contributed by atoms with van der Waals surface area (Å²) in [6.45, 7) is 0.455. The second-order valence-electron chi connectivity index (χ2n) is 3.78. The Labute approximate surface area is 96.7 Å². The van der Waals surface area contributed by atoms with Crippen molar-refractivity contribution in [3.63, 3.8) is 0 Å². The van der Waals surface area contributed by atoms with Crippen molar-refractivity contribution in [2.45, 2.75) is 6.54 Å². The summed E-state index contributed by atoms with van der Waals surface area (Å²) in [5.41, 5.74) is 1.56. The Morgan fingerprint density at radius 2 is 2.12 bits per heavy atom. The lowest BCUT2D eigenvalue weighted by Crippen LogP contribution is -2.21. The topological polar surface area (TPSA) is 63.6 Å². The van der Waals surface area contributed by atoms with Crippen LogP contribution >= 0.6 is 0 Å². The van der Waals surface area contributed by atoms with Gasteiger partial charge in [0.05, 0.1) is 29.5 Å². The van der Waals surface area contributed by atoms with Crippen molar-refractivity contribution in [2.24, 2.45) is 0 Å². The van der Waals surface area contributed by atoms with Gasteiger partial charge < -0.3 is 0 Å². The van der Waals surface area contributed by atoms with E-state index < -0.39 is 0 Å². The van der Waals surface area contributed by atoms with Gasteiger partial charge in [-0.1, -0.05) is 12.1 Å². The van der Waals surface area contributed by atoms with E-state index in [0.29, 0.717) is 11.9 Å². The first-order chi connectivity index (χ1) is 8.34. The van der Waals surface area contributed by atoms with E-state index in [-0.39, 0.29) is 5.56 Å². The summed E-state index contributed by atoms with van der Waals surface area (Å²) in [5, 5.41) is 7.31. The Morgan fingerprint density at radius 1 is 1.24 bits per heavy atom. The molecule has 84 valence electrons. The lowest BCUT2D eigenvalue weighted by molar-refractivity contribution is 0.726. The summed E-state index contributed by atoms with van der Waals surface area (Å²) in [6, 6.07) is 9.16. The van der Waals surface area contributed by atoms with Crippen LogP contribution in [0.5, 0.6) is 0 Å². The van der Waals surface area contributed by atoms with Crippen molar-refractivity contribution in [3.8, 4) is 0 Å². The van der Waals surface area contributed by atoms with Gasteiger partial charge in [-0.2, -0.15) is 5.10 Å². The minimum absolute atomic E-state index is 0.0369. The van der Waals surface area contributed by atoms with Gasteiger partial charge in [-0.05, 0) is 18.2 Å². The molecule has 0 bridgehead atoms. The van der Waals surface area contributed by atoms with E-state index >= 15 is 0 Å². The first kappa shape index (κ1) is 9.77. The van der Waals surface area contributed by atoms with Crippen LogP contribution in [0.1, 0.15) is 5.69 Å². The second-order valence-corrected chi connectivity index (χ2v) is 3.78. The number of fused-ring (bicyclic) bond motifs is 1. The fourth-order valence-electron chi connectivity index (χ4n) is 1.78. The lowest BCUT2D eigenvalue weighted by atomic mass is 10.2. The number of nitrogens with one attached hydrogen (secondary N) is 1. The molecule has 0 fully saturated rings. The second kappa shape index (κ2) is 3.86. The highest BCUT2D eigenvalue weighted by molar-refractivity contribution is 5.76. The van der Waals surface area contributed by atoms with Crippen LogP contribution in [0.2, 0.25) is 0 Å². The van der Waals surface area contributed by atoms with E-state index in [9.17, 15) is 4.79 Å². The van der Waals surface area contributed by atoms with Gasteiger partial charge in [0.15, 0.2) is 0 Å². The smallest absolute Gasteiger partial charge is 0.261 e. The molecule has 0 saturated heterocycles. The highest BCUT2D eigenvalue weighted by Gasteiger charge is 2.04. The molecule has 1 aromatic carbocycles. The highest BCUT2D eigenvalue weighted by Crippen LogP contribution is 2.05. The predicted octanol–water partition coefficient (Wildman–Crippen LogP) is 1.17. The Hall–Kier alpha value is -2.43. The van der Waals surface area contributed by atoms with Crippen LogP contribution < -0.4 is 5.56 Å². The number of rotatable bonds is 2. The quantitative estimate of drug-likeness (QED) is 0.713. The van der Waals surface area contributed by atoms with Gasteiger partial charge in [-0.15, -0.1) is 0 Å². The zero-order chi connectivity index (χ0) is 11.7. The fraction of sp³-hybridized carbons (Fsp3) is 0.0833. The van der Waals surface area contributed by atoms with Crippen molar-refractivity contribution in [3.05, 3.63) is 58.9 Å². The predicted molar refractivity (Wildman–Crippen MR) is 63.7 cm³/mol. The van der Waals surface area contributed by atoms with E-state index in [0.717, 1.165) is 11.2 Å². The molecule has 0 atom stereocenters. The van der Waals surface area contributed by atoms with Crippen LogP contribution in [0.3, 0.4) is 0 Å². The van der Waals surface area contributed by atoms with E-state index in [1.54, 1.807) is 23.2 Å². The number of nitrogens with zero attached hydrogens (tertiary/aromatic N) is 3. The molecule has 0 radical (unpaired) electrons. The Bertz CT molecular complexity index is 700. The van der Waals surface area contributed by atoms with E-state index in [2.05, 4.69) is 15.2 Å². The maximum absolute atomic E-state index is 12.1. The summed E-state index contributed by atoms with van der Waals surface area (Å²) in [6.07, 6.45) is 3.22. The number of benzene rings is 1. The van der Waals surface area contributed by atoms with Crippen molar-refractivity contribution in [1.82, 2.24) is 19.7 Å². The van der Waals surface area contributed by atoms with Crippen LogP contribution in [-0.4, -0.2) is 19.7 Å². The van der Waals surface area contributed by atoms with E-state index in [4.69, 9.17) is 0 Å². The molecular formula is C12H10N4O. The molecule has 0 unspecified atom stereocenters. The van der Waals surface area contributed by atoms with Crippen molar-refractivity contribution < 1.29 is 0 Å². The molecule has 2 heterocycles. The molecule has 1 N–H and O–H groups in total. The number of H-pyrrole nitrogens is 1. The number of hydrogen-bond donors (Lipinski definition) is 1. The van der Waals surface area contributed by atoms with Crippen molar-refractivity contribution in [2.75, 3.05) is 0 Å². The lowest BCUT2D eigenvalue weighted by Gasteiger charge is -2.04. The third-order valence-corrected chi connectivity index (χ3v) is 2.63. The number of aromatic nitrogens is 4. The Balaban J connectivity index is 2.12. The highest BCUT2D eigenvalue weighted by atomic mass is 16.1. The van der Waals surface area contributed by atoms with Gasteiger partial charge >= 0.3 is 0 Å². The third kappa shape index (κ3) is 1.71. The van der Waals surface area contributed by atoms with Gasteiger partial charge in [0.2, 0.25) is 0 Å². The van der Waals surface area contributed by atoms with Crippen molar-refractivity contribution >= 4 is 10.9 Å². The van der Waals surface area contributed by atoms with Gasteiger partial charge in [0.1, 0.15) is 0 Å². The summed E-state index contributed by atoms with van der Waals surface area (Å²) in [7, 11) is 0. The summed E-state index contributed by atoms with van der Waals surface area (Å²) >= 11 is 0. The summed E-state index contributed by atoms with van der Waals surface area (Å²) < 4.78 is 1.57. The first-order valence-corrected chi connectivity index (χ1v) is 5.27. The largest absolute Gasteiger partial charge is 0.293 e. The normalized spacial score (nSPS) is 10.8. The molecule has 0 saturated carbocycles. The molecule has 2 aromatic heterocycles. The zero-order valence-corrected chi connectivity index (χ0v) is 9.00. The monoisotopic (exact) mass is 226 g/mol. The number of aromatic amines is 1. The van der Waals surface area contributed by atoms with Gasteiger partial charge in [-0.25, -0.2) is 4.98 Å². The summed E-state index contributed by atoms with van der Waals surface area (Å²) in [5.74, 6) is 0. The molecule has 5 nitrogen and oxygen atoms in total. The molecule has 5 heteroatoms. The van der Waals surface area contributed by atoms with E-state index in [1.165, 1.54) is 0 Å². The first-order valence-electron chi connectivity index (χ1n) is 5.27. The van der Waals surface area contributed by atoms with Crippen LogP contribution in [0.25, 0.3) is 10.9 Å². The minimum atomic E-state index is -0.0369. The molecule has 17 heavy (non-hydrogen) atoms. The van der Waals surface area contributed by atoms with Crippen LogP contribution in [0.15, 0.2) is 47.7 Å². The average Bonchev–Trinajstić information content (AvgIpc) is 2.86. The molecule has 0 aliphatic carbocycles. The minimum Gasteiger partial charge on any atom is -0.293 e. The Morgan fingerprint density at radius 3 is 2.94 bits per heavy atom.